The van der Waals surface area contributed by atoms with Crippen LogP contribution in [0.3, 0.4) is 0 Å². The van der Waals surface area contributed by atoms with E-state index >= 15 is 0 Å². The van der Waals surface area contributed by atoms with Gasteiger partial charge >= 0.3 is 0 Å². The van der Waals surface area contributed by atoms with E-state index in [9.17, 15) is 13.2 Å². The molecule has 0 bridgehead atoms. The van der Waals surface area contributed by atoms with Crippen molar-refractivity contribution in [2.75, 3.05) is 26.2 Å². The Balaban J connectivity index is 1.38. The van der Waals surface area contributed by atoms with Gasteiger partial charge in [-0.3, -0.25) is 4.79 Å². The highest BCUT2D eigenvalue weighted by Gasteiger charge is 2.41. The third-order valence-electron chi connectivity index (χ3n) is 7.04. The number of rotatable bonds is 5. The monoisotopic (exact) mass is 559 g/mol. The van der Waals surface area contributed by atoms with Crippen LogP contribution >= 0.6 is 23.2 Å². The fourth-order valence-electron chi connectivity index (χ4n) is 4.97. The van der Waals surface area contributed by atoms with Crippen molar-refractivity contribution in [3.8, 4) is 0 Å². The molecule has 0 spiro atoms. The number of aliphatic imine (C=N–C) groups is 1. The summed E-state index contributed by atoms with van der Waals surface area (Å²) in [4.78, 5) is 20.5. The van der Waals surface area contributed by atoms with Gasteiger partial charge < -0.3 is 4.90 Å². The van der Waals surface area contributed by atoms with Crippen LogP contribution < -0.4 is 0 Å². The predicted octanol–water partition coefficient (Wildman–Crippen LogP) is 4.60. The number of benzene rings is 2. The van der Waals surface area contributed by atoms with Crippen LogP contribution in [-0.4, -0.2) is 65.2 Å². The molecule has 1 amide bonds. The Kier molecular flexibility index (Phi) is 7.15. The minimum atomic E-state index is -3.64. The molecule has 0 saturated carbocycles. The maximum Gasteiger partial charge on any atom is 0.243 e. The second-order valence-electron chi connectivity index (χ2n) is 9.21. The Labute approximate surface area is 226 Å². The lowest BCUT2D eigenvalue weighted by molar-refractivity contribution is -0.135. The first-order chi connectivity index (χ1) is 17.7. The molecule has 1 aromatic heterocycles. The fourth-order valence-corrected chi connectivity index (χ4v) is 6.69. The van der Waals surface area contributed by atoms with E-state index in [1.54, 1.807) is 46.1 Å². The van der Waals surface area contributed by atoms with Gasteiger partial charge in [0.05, 0.1) is 27.2 Å². The van der Waals surface area contributed by atoms with Gasteiger partial charge in [-0.1, -0.05) is 48.3 Å². The van der Waals surface area contributed by atoms with E-state index in [4.69, 9.17) is 23.2 Å². The number of carbonyl (C=O) groups is 1. The van der Waals surface area contributed by atoms with Crippen molar-refractivity contribution in [1.82, 2.24) is 19.0 Å². The third-order valence-corrected chi connectivity index (χ3v) is 9.69. The highest BCUT2D eigenvalue weighted by Crippen LogP contribution is 2.39. The fraction of sp³-hybridized carbons (Fsp3) is 0.346. The summed E-state index contributed by atoms with van der Waals surface area (Å²) in [7, 11) is -3.64. The molecule has 8 nitrogen and oxygen atoms in total. The Hall–Kier alpha value is -2.72. The van der Waals surface area contributed by atoms with Crippen LogP contribution in [-0.2, 0) is 21.2 Å². The Bertz CT molecular complexity index is 1460. The van der Waals surface area contributed by atoms with Crippen LogP contribution in [0.4, 0.5) is 5.82 Å². The number of carbonyl (C=O) groups excluding carboxylic acids is 1. The average molecular weight is 561 g/mol. The van der Waals surface area contributed by atoms with Crippen molar-refractivity contribution in [3.05, 3.63) is 75.9 Å². The first kappa shape index (κ1) is 25.9. The Morgan fingerprint density at radius 2 is 1.70 bits per heavy atom. The summed E-state index contributed by atoms with van der Waals surface area (Å²) < 4.78 is 29.6. The second-order valence-corrected chi connectivity index (χ2v) is 12.0. The maximum absolute atomic E-state index is 13.9. The predicted molar refractivity (Wildman–Crippen MR) is 144 cm³/mol. The first-order valence-electron chi connectivity index (χ1n) is 12.1. The van der Waals surface area contributed by atoms with Crippen molar-refractivity contribution in [2.24, 2.45) is 10.9 Å². The topological polar surface area (TPSA) is 87.9 Å². The summed E-state index contributed by atoms with van der Waals surface area (Å²) in [6.45, 7) is 4.87. The molecule has 0 N–H and O–H groups in total. The molecule has 2 aliphatic rings. The number of aryl methyl sites for hydroxylation is 1. The summed E-state index contributed by atoms with van der Waals surface area (Å²) in [5, 5.41) is 5.27. The molecule has 3 aromatic rings. The standard InChI is InChI=1S/C26H27Cl2N5O3S/c1-3-18-4-7-20(8-5-18)37(35,36)32-14-12-31(13-15-32)26(34)24-17(2)30-23-10-11-29-33(23)25(24)19-6-9-21(27)22(28)16-19/h4-11,16,24-25H,3,12-15H2,1-2H3. The number of aromatic nitrogens is 2. The largest absolute Gasteiger partial charge is 0.339 e. The SMILES string of the molecule is CCc1ccc(S(=O)(=O)N2CCN(C(=O)C3C(C)=Nc4ccnn4C3c3ccc(Cl)c(Cl)c3)CC2)cc1. The molecule has 2 aliphatic heterocycles. The highest BCUT2D eigenvalue weighted by atomic mass is 35.5. The highest BCUT2D eigenvalue weighted by molar-refractivity contribution is 7.89. The molecule has 37 heavy (non-hydrogen) atoms. The molecule has 2 aromatic carbocycles. The van der Waals surface area contributed by atoms with Crippen LogP contribution in [0, 0.1) is 5.92 Å². The van der Waals surface area contributed by atoms with E-state index in [1.165, 1.54) is 4.31 Å². The average Bonchev–Trinajstić information content (AvgIpc) is 3.37. The third kappa shape index (κ3) is 4.81. The zero-order valence-corrected chi connectivity index (χ0v) is 22.8. The van der Waals surface area contributed by atoms with Crippen molar-refractivity contribution >= 4 is 50.7 Å². The van der Waals surface area contributed by atoms with E-state index < -0.39 is 22.0 Å². The van der Waals surface area contributed by atoms with Gasteiger partial charge in [-0.15, -0.1) is 0 Å². The van der Waals surface area contributed by atoms with Gasteiger partial charge in [0.15, 0.2) is 5.82 Å². The minimum absolute atomic E-state index is 0.122. The van der Waals surface area contributed by atoms with Crippen LogP contribution in [0.15, 0.2) is 64.6 Å². The number of piperazine rings is 1. The molecule has 2 atom stereocenters. The number of nitrogens with zero attached hydrogens (tertiary/aromatic N) is 5. The van der Waals surface area contributed by atoms with E-state index in [0.717, 1.165) is 17.5 Å². The summed E-state index contributed by atoms with van der Waals surface area (Å²) in [6, 6.07) is 13.6. The first-order valence-corrected chi connectivity index (χ1v) is 14.3. The zero-order valence-electron chi connectivity index (χ0n) is 20.5. The van der Waals surface area contributed by atoms with Gasteiger partial charge in [-0.2, -0.15) is 9.40 Å². The molecule has 3 heterocycles. The molecule has 1 saturated heterocycles. The number of amides is 1. The van der Waals surface area contributed by atoms with Gasteiger partial charge in [0, 0.05) is 38.0 Å². The number of hydrogen-bond donors (Lipinski definition) is 0. The van der Waals surface area contributed by atoms with Gasteiger partial charge in [-0.05, 0) is 48.7 Å². The van der Waals surface area contributed by atoms with E-state index in [-0.39, 0.29) is 37.0 Å². The lowest BCUT2D eigenvalue weighted by atomic mass is 9.87. The number of fused-ring (bicyclic) bond motifs is 1. The molecule has 194 valence electrons. The van der Waals surface area contributed by atoms with Crippen LogP contribution in [0.1, 0.15) is 31.0 Å². The molecular formula is C26H27Cl2N5O3S. The van der Waals surface area contributed by atoms with Crippen molar-refractivity contribution in [1.29, 1.82) is 0 Å². The minimum Gasteiger partial charge on any atom is -0.339 e. The molecule has 2 unspecified atom stereocenters. The van der Waals surface area contributed by atoms with Crippen LogP contribution in [0.2, 0.25) is 10.0 Å². The van der Waals surface area contributed by atoms with Gasteiger partial charge in [0.25, 0.3) is 0 Å². The normalized spacial score (nSPS) is 20.4. The molecule has 5 rings (SSSR count). The summed E-state index contributed by atoms with van der Waals surface area (Å²) in [6.07, 6.45) is 2.49. The van der Waals surface area contributed by atoms with E-state index in [2.05, 4.69) is 10.1 Å². The zero-order chi connectivity index (χ0) is 26.3. The van der Waals surface area contributed by atoms with Gasteiger partial charge in [0.2, 0.25) is 15.9 Å². The Morgan fingerprint density at radius 1 is 1.00 bits per heavy atom. The van der Waals surface area contributed by atoms with Crippen molar-refractivity contribution < 1.29 is 13.2 Å². The summed E-state index contributed by atoms with van der Waals surface area (Å²) in [5.41, 5.74) is 2.54. The number of halogens is 2. The van der Waals surface area contributed by atoms with Gasteiger partial charge in [0.1, 0.15) is 5.92 Å². The van der Waals surface area contributed by atoms with Crippen LogP contribution in [0.5, 0.6) is 0 Å². The quantitative estimate of drug-likeness (QED) is 0.457. The Morgan fingerprint density at radius 3 is 2.35 bits per heavy atom. The molecule has 0 radical (unpaired) electrons. The molecule has 11 heteroatoms. The van der Waals surface area contributed by atoms with Crippen LogP contribution in [0.25, 0.3) is 0 Å². The maximum atomic E-state index is 13.9. The van der Waals surface area contributed by atoms with E-state index in [1.807, 2.05) is 32.0 Å². The number of sulfonamides is 1. The summed E-state index contributed by atoms with van der Waals surface area (Å²) in [5.74, 6) is -0.0835. The molecule has 1 fully saturated rings. The van der Waals surface area contributed by atoms with Crippen molar-refractivity contribution in [3.63, 3.8) is 0 Å². The number of hydrogen-bond acceptors (Lipinski definition) is 5. The van der Waals surface area contributed by atoms with Crippen molar-refractivity contribution in [2.45, 2.75) is 31.2 Å². The summed E-state index contributed by atoms with van der Waals surface area (Å²) >= 11 is 12.5. The van der Waals surface area contributed by atoms with E-state index in [0.29, 0.717) is 21.6 Å². The van der Waals surface area contributed by atoms with Gasteiger partial charge in [-0.25, -0.2) is 18.1 Å². The molecular weight excluding hydrogens is 533 g/mol. The molecule has 0 aliphatic carbocycles. The lowest BCUT2D eigenvalue weighted by Crippen LogP contribution is -2.54. The smallest absolute Gasteiger partial charge is 0.243 e. The second kappa shape index (κ2) is 10.2. The lowest BCUT2D eigenvalue weighted by Gasteiger charge is -2.38.